The summed E-state index contributed by atoms with van der Waals surface area (Å²) in [7, 11) is 1.59. The Labute approximate surface area is 182 Å². The normalized spacial score (nSPS) is 18.7. The average molecular weight is 423 g/mol. The van der Waals surface area contributed by atoms with Crippen LogP contribution >= 0.6 is 0 Å². The molecule has 2 heterocycles. The maximum Gasteiger partial charge on any atom is 0.225 e. The first-order valence-corrected chi connectivity index (χ1v) is 10.8. The number of benzene rings is 1. The van der Waals surface area contributed by atoms with Crippen molar-refractivity contribution in [2.24, 2.45) is 0 Å². The third kappa shape index (κ3) is 4.54. The molecule has 0 bridgehead atoms. The molecule has 2 fully saturated rings. The number of hydrogen-bond donors (Lipinski definition) is 0. The molecule has 162 valence electrons. The van der Waals surface area contributed by atoms with Crippen molar-refractivity contribution in [1.82, 2.24) is 9.88 Å². The van der Waals surface area contributed by atoms with Crippen molar-refractivity contribution in [3.63, 3.8) is 0 Å². The minimum Gasteiger partial charge on any atom is -0.384 e. The van der Waals surface area contributed by atoms with Crippen LogP contribution in [0.1, 0.15) is 43.4 Å². The number of aromatic nitrogens is 1. The second-order valence-electron chi connectivity index (χ2n) is 8.31. The van der Waals surface area contributed by atoms with Gasteiger partial charge in [-0.25, -0.2) is 9.37 Å². The third-order valence-electron chi connectivity index (χ3n) is 6.02. The van der Waals surface area contributed by atoms with E-state index in [1.165, 1.54) is 12.1 Å². The second kappa shape index (κ2) is 9.03. The molecule has 0 N–H and O–H groups in total. The van der Waals surface area contributed by atoms with Crippen LogP contribution in [0.3, 0.4) is 0 Å². The van der Waals surface area contributed by atoms with Gasteiger partial charge in [-0.05, 0) is 43.5 Å². The zero-order chi connectivity index (χ0) is 22.0. The molecule has 1 amide bonds. The molecule has 31 heavy (non-hydrogen) atoms. The molecule has 0 radical (unpaired) electrons. The van der Waals surface area contributed by atoms with Crippen LogP contribution in [0.2, 0.25) is 0 Å². The van der Waals surface area contributed by atoms with Crippen LogP contribution in [-0.4, -0.2) is 55.2 Å². The number of rotatable bonds is 6. The van der Waals surface area contributed by atoms with E-state index >= 15 is 0 Å². The van der Waals surface area contributed by atoms with Gasteiger partial charge in [0.1, 0.15) is 17.7 Å². The van der Waals surface area contributed by atoms with Crippen molar-refractivity contribution in [1.29, 1.82) is 5.26 Å². The van der Waals surface area contributed by atoms with Crippen LogP contribution < -0.4 is 4.90 Å². The largest absolute Gasteiger partial charge is 0.384 e. The van der Waals surface area contributed by atoms with Gasteiger partial charge in [0.2, 0.25) is 5.91 Å². The first-order valence-electron chi connectivity index (χ1n) is 10.8. The molecule has 1 aromatic carbocycles. The minimum atomic E-state index is -0.301. The van der Waals surface area contributed by atoms with Crippen molar-refractivity contribution < 1.29 is 13.9 Å². The van der Waals surface area contributed by atoms with E-state index in [4.69, 9.17) is 9.72 Å². The summed E-state index contributed by atoms with van der Waals surface area (Å²) < 4.78 is 18.9. The summed E-state index contributed by atoms with van der Waals surface area (Å²) in [5, 5.41) is 9.85. The predicted molar refractivity (Wildman–Crippen MR) is 116 cm³/mol. The molecule has 4 rings (SSSR count). The van der Waals surface area contributed by atoms with E-state index in [0.29, 0.717) is 50.0 Å². The number of methoxy groups -OCH3 is 1. The van der Waals surface area contributed by atoms with Crippen molar-refractivity contribution in [3.05, 3.63) is 47.4 Å². The number of amides is 1. The molecule has 1 atom stereocenters. The molecule has 2 aliphatic rings. The van der Waals surface area contributed by atoms with Gasteiger partial charge in [-0.3, -0.25) is 4.79 Å². The highest BCUT2D eigenvalue weighted by atomic mass is 19.1. The molecule has 1 aliphatic heterocycles. The number of carbonyl (C=O) groups excluding carboxylic acids is 1. The molecule has 6 nitrogen and oxygen atoms in total. The molecule has 0 unspecified atom stereocenters. The molecule has 1 aliphatic carbocycles. The monoisotopic (exact) mass is 422 g/mol. The van der Waals surface area contributed by atoms with E-state index < -0.39 is 0 Å². The maximum absolute atomic E-state index is 13.8. The molecule has 1 aromatic heterocycles. The lowest BCUT2D eigenvalue weighted by molar-refractivity contribution is -0.134. The number of ether oxygens (including phenoxy) is 1. The highest BCUT2D eigenvalue weighted by Crippen LogP contribution is 2.45. The van der Waals surface area contributed by atoms with E-state index in [1.807, 2.05) is 24.0 Å². The van der Waals surface area contributed by atoms with Gasteiger partial charge >= 0.3 is 0 Å². The summed E-state index contributed by atoms with van der Waals surface area (Å²) in [6.07, 6.45) is 2.48. The van der Waals surface area contributed by atoms with Crippen LogP contribution in [0.5, 0.6) is 0 Å². The van der Waals surface area contributed by atoms with E-state index in [1.54, 1.807) is 13.2 Å². The van der Waals surface area contributed by atoms with Crippen LogP contribution in [0.25, 0.3) is 11.1 Å². The lowest BCUT2D eigenvalue weighted by Gasteiger charge is -2.41. The van der Waals surface area contributed by atoms with Crippen LogP contribution in [0.15, 0.2) is 30.3 Å². The van der Waals surface area contributed by atoms with Gasteiger partial charge in [-0.1, -0.05) is 12.1 Å². The molecule has 2 aromatic rings. The summed E-state index contributed by atoms with van der Waals surface area (Å²) >= 11 is 0. The van der Waals surface area contributed by atoms with Gasteiger partial charge in [-0.15, -0.1) is 0 Å². The number of nitrogens with zero attached hydrogens (tertiary/aromatic N) is 4. The zero-order valence-corrected chi connectivity index (χ0v) is 18.0. The summed E-state index contributed by atoms with van der Waals surface area (Å²) in [5.74, 6) is 0.798. The Bertz CT molecular complexity index is 1020. The average Bonchev–Trinajstić information content (AvgIpc) is 3.62. The first-order chi connectivity index (χ1) is 15.0. The van der Waals surface area contributed by atoms with Crippen LogP contribution in [0.4, 0.5) is 10.2 Å². The molecular formula is C24H27FN4O2. The van der Waals surface area contributed by atoms with E-state index in [9.17, 15) is 14.4 Å². The highest BCUT2D eigenvalue weighted by molar-refractivity contribution is 5.77. The second-order valence-corrected chi connectivity index (χ2v) is 8.31. The van der Waals surface area contributed by atoms with Gasteiger partial charge in [0.15, 0.2) is 0 Å². The fourth-order valence-electron chi connectivity index (χ4n) is 4.25. The number of halogens is 1. The quantitative estimate of drug-likeness (QED) is 0.710. The zero-order valence-electron chi connectivity index (χ0n) is 18.0. The Morgan fingerprint density at radius 3 is 2.77 bits per heavy atom. The number of piperazine rings is 1. The molecule has 1 saturated carbocycles. The number of carbonyl (C=O) groups is 1. The summed E-state index contributed by atoms with van der Waals surface area (Å²) in [4.78, 5) is 21.4. The van der Waals surface area contributed by atoms with Gasteiger partial charge in [0.25, 0.3) is 0 Å². The van der Waals surface area contributed by atoms with Gasteiger partial charge in [-0.2, -0.15) is 5.26 Å². The van der Waals surface area contributed by atoms with Gasteiger partial charge in [0, 0.05) is 44.3 Å². The number of anilines is 1. The Balaban J connectivity index is 1.63. The van der Waals surface area contributed by atoms with Crippen molar-refractivity contribution in [3.8, 4) is 17.2 Å². The first kappa shape index (κ1) is 21.3. The standard InChI is InChI=1S/C24H27FN4O2/c1-16-15-28(9-10-29(16)22(30)8-11-31-2)24-19(14-26)13-21(23(27-24)17-6-7-17)18-4-3-5-20(25)12-18/h3-5,12-13,16-17H,6-11,15H2,1-2H3/t16-/m1/s1. The Kier molecular flexibility index (Phi) is 6.19. The van der Waals surface area contributed by atoms with Gasteiger partial charge in [0.05, 0.1) is 24.3 Å². The summed E-state index contributed by atoms with van der Waals surface area (Å²) in [6.45, 7) is 4.25. The lowest BCUT2D eigenvalue weighted by Crippen LogP contribution is -2.54. The SMILES string of the molecule is COCCC(=O)N1CCN(c2nc(C3CC3)c(-c3cccc(F)c3)cc2C#N)C[C@H]1C. The number of nitriles is 1. The van der Waals surface area contributed by atoms with Crippen molar-refractivity contribution in [2.75, 3.05) is 38.3 Å². The van der Waals surface area contributed by atoms with E-state index in [0.717, 1.165) is 29.7 Å². The number of pyridine rings is 1. The van der Waals surface area contributed by atoms with Crippen LogP contribution in [-0.2, 0) is 9.53 Å². The third-order valence-corrected chi connectivity index (χ3v) is 6.02. The summed E-state index contributed by atoms with van der Waals surface area (Å²) in [5.41, 5.74) is 3.00. The fraction of sp³-hybridized carbons (Fsp3) is 0.458. The number of hydrogen-bond acceptors (Lipinski definition) is 5. The van der Waals surface area contributed by atoms with Crippen molar-refractivity contribution >= 4 is 11.7 Å². The molecule has 1 saturated heterocycles. The molecule has 7 heteroatoms. The van der Waals surface area contributed by atoms with Gasteiger partial charge < -0.3 is 14.5 Å². The van der Waals surface area contributed by atoms with Crippen LogP contribution in [0, 0.1) is 17.1 Å². The highest BCUT2D eigenvalue weighted by Gasteiger charge is 2.33. The smallest absolute Gasteiger partial charge is 0.225 e. The summed E-state index contributed by atoms with van der Waals surface area (Å²) in [6, 6.07) is 10.6. The Hall–Kier alpha value is -2.98. The van der Waals surface area contributed by atoms with E-state index in [2.05, 4.69) is 11.0 Å². The maximum atomic E-state index is 13.8. The lowest BCUT2D eigenvalue weighted by atomic mass is 9.99. The van der Waals surface area contributed by atoms with Crippen molar-refractivity contribution in [2.45, 2.75) is 38.1 Å². The molecule has 0 spiro atoms. The fourth-order valence-corrected chi connectivity index (χ4v) is 4.25. The Morgan fingerprint density at radius 2 is 2.13 bits per heavy atom. The predicted octanol–water partition coefficient (Wildman–Crippen LogP) is 3.71. The topological polar surface area (TPSA) is 69.5 Å². The van der Waals surface area contributed by atoms with E-state index in [-0.39, 0.29) is 17.8 Å². The minimum absolute atomic E-state index is 0.0127. The Morgan fingerprint density at radius 1 is 1.32 bits per heavy atom. The molecular weight excluding hydrogens is 395 g/mol.